The normalized spacial score (nSPS) is 11.7. The van der Waals surface area contributed by atoms with Gasteiger partial charge in [-0.05, 0) is 59.9 Å². The van der Waals surface area contributed by atoms with Gasteiger partial charge in [0.2, 0.25) is 0 Å². The highest BCUT2D eigenvalue weighted by Crippen LogP contribution is 2.33. The van der Waals surface area contributed by atoms with Crippen molar-refractivity contribution in [1.82, 2.24) is 4.98 Å². The Morgan fingerprint density at radius 2 is 1.79 bits per heavy atom. The van der Waals surface area contributed by atoms with Crippen molar-refractivity contribution < 1.29 is 9.53 Å². The molecule has 0 amide bonds. The number of rotatable bonds is 4. The van der Waals surface area contributed by atoms with Crippen molar-refractivity contribution in [1.29, 1.82) is 0 Å². The summed E-state index contributed by atoms with van der Waals surface area (Å²) in [5.74, 6) is 0.833. The van der Waals surface area contributed by atoms with Crippen LogP contribution in [0.2, 0.25) is 0 Å². The number of carbonyl (C=O) groups excluding carboxylic acids is 1. The van der Waals surface area contributed by atoms with E-state index in [9.17, 15) is 4.79 Å². The van der Waals surface area contributed by atoms with Crippen LogP contribution in [0.25, 0.3) is 22.2 Å². The first-order chi connectivity index (χ1) is 11.4. The molecule has 0 saturated carbocycles. The quantitative estimate of drug-likeness (QED) is 0.659. The SMILES string of the molecule is CCOc1ccc(-c2[nH]c3ccc(C(C)(C)C)cc3c2C=O)cc1. The number of benzene rings is 2. The van der Waals surface area contributed by atoms with Gasteiger partial charge in [-0.3, -0.25) is 4.79 Å². The predicted octanol–water partition coefficient (Wildman–Crippen LogP) is 5.34. The van der Waals surface area contributed by atoms with E-state index in [1.165, 1.54) is 5.56 Å². The number of hydrogen-bond acceptors (Lipinski definition) is 2. The minimum atomic E-state index is 0.0465. The molecule has 0 bridgehead atoms. The standard InChI is InChI=1S/C21H23NO2/c1-5-24-16-9-6-14(7-10-16)20-18(13-23)17-12-15(21(2,3)4)8-11-19(17)22-20/h6-13,22H,5H2,1-4H3. The molecule has 0 spiro atoms. The number of carbonyl (C=O) groups is 1. The van der Waals surface area contributed by atoms with Crippen LogP contribution in [0.15, 0.2) is 42.5 Å². The second kappa shape index (κ2) is 6.16. The number of fused-ring (bicyclic) bond motifs is 1. The molecule has 1 heterocycles. The lowest BCUT2D eigenvalue weighted by Gasteiger charge is -2.18. The molecule has 0 aliphatic rings. The summed E-state index contributed by atoms with van der Waals surface area (Å²) >= 11 is 0. The van der Waals surface area contributed by atoms with Crippen molar-refractivity contribution >= 4 is 17.2 Å². The smallest absolute Gasteiger partial charge is 0.152 e. The summed E-state index contributed by atoms with van der Waals surface area (Å²) < 4.78 is 5.49. The van der Waals surface area contributed by atoms with Crippen molar-refractivity contribution in [2.45, 2.75) is 33.1 Å². The van der Waals surface area contributed by atoms with Crippen LogP contribution in [-0.4, -0.2) is 17.9 Å². The van der Waals surface area contributed by atoms with Gasteiger partial charge < -0.3 is 9.72 Å². The molecule has 1 aromatic heterocycles. The van der Waals surface area contributed by atoms with Crippen LogP contribution < -0.4 is 4.74 Å². The predicted molar refractivity (Wildman–Crippen MR) is 99.0 cm³/mol. The van der Waals surface area contributed by atoms with E-state index >= 15 is 0 Å². The maximum atomic E-state index is 11.8. The van der Waals surface area contributed by atoms with E-state index in [-0.39, 0.29) is 5.41 Å². The molecule has 3 nitrogen and oxygen atoms in total. The fourth-order valence-electron chi connectivity index (χ4n) is 2.91. The van der Waals surface area contributed by atoms with Crippen LogP contribution in [0.3, 0.4) is 0 Å². The average Bonchev–Trinajstić information content (AvgIpc) is 2.92. The summed E-state index contributed by atoms with van der Waals surface area (Å²) in [6.45, 7) is 9.13. The van der Waals surface area contributed by atoms with Crippen LogP contribution in [0.1, 0.15) is 43.6 Å². The lowest BCUT2D eigenvalue weighted by molar-refractivity contribution is 0.112. The molecular formula is C21H23NO2. The van der Waals surface area contributed by atoms with E-state index < -0.39 is 0 Å². The third-order valence-electron chi connectivity index (χ3n) is 4.28. The Morgan fingerprint density at radius 3 is 2.38 bits per heavy atom. The molecule has 24 heavy (non-hydrogen) atoms. The fraction of sp³-hybridized carbons (Fsp3) is 0.286. The number of aromatic amines is 1. The molecule has 0 aliphatic heterocycles. The zero-order valence-electron chi connectivity index (χ0n) is 14.6. The molecule has 2 aromatic carbocycles. The van der Waals surface area contributed by atoms with Crippen LogP contribution in [0.5, 0.6) is 5.75 Å². The Bertz CT molecular complexity index is 867. The van der Waals surface area contributed by atoms with Crippen LogP contribution in [0.4, 0.5) is 0 Å². The van der Waals surface area contributed by atoms with Crippen LogP contribution >= 0.6 is 0 Å². The maximum Gasteiger partial charge on any atom is 0.152 e. The summed E-state index contributed by atoms with van der Waals surface area (Å²) in [5, 5.41) is 0.973. The van der Waals surface area contributed by atoms with Gasteiger partial charge in [0.15, 0.2) is 6.29 Å². The van der Waals surface area contributed by atoms with Crippen molar-refractivity contribution in [3.05, 3.63) is 53.6 Å². The first kappa shape index (κ1) is 16.3. The highest BCUT2D eigenvalue weighted by atomic mass is 16.5. The Kier molecular flexibility index (Phi) is 4.18. The van der Waals surface area contributed by atoms with Gasteiger partial charge in [-0.15, -0.1) is 0 Å². The third kappa shape index (κ3) is 2.94. The fourth-order valence-corrected chi connectivity index (χ4v) is 2.91. The number of nitrogens with one attached hydrogen (secondary N) is 1. The number of H-pyrrole nitrogens is 1. The van der Waals surface area contributed by atoms with E-state index in [1.807, 2.05) is 31.2 Å². The van der Waals surface area contributed by atoms with Crippen molar-refractivity contribution in [2.75, 3.05) is 6.61 Å². The highest BCUT2D eigenvalue weighted by Gasteiger charge is 2.18. The summed E-state index contributed by atoms with van der Waals surface area (Å²) in [5.41, 5.74) is 4.79. The first-order valence-electron chi connectivity index (χ1n) is 8.28. The third-order valence-corrected chi connectivity index (χ3v) is 4.28. The van der Waals surface area contributed by atoms with Crippen LogP contribution in [-0.2, 0) is 5.41 Å². The lowest BCUT2D eigenvalue weighted by Crippen LogP contribution is -2.10. The van der Waals surface area contributed by atoms with Gasteiger partial charge in [-0.25, -0.2) is 0 Å². The molecule has 124 valence electrons. The van der Waals surface area contributed by atoms with Gasteiger partial charge in [0, 0.05) is 16.5 Å². The minimum Gasteiger partial charge on any atom is -0.494 e. The van der Waals surface area contributed by atoms with Crippen molar-refractivity contribution in [3.63, 3.8) is 0 Å². The number of ether oxygens (including phenoxy) is 1. The van der Waals surface area contributed by atoms with E-state index in [0.29, 0.717) is 12.2 Å². The van der Waals surface area contributed by atoms with E-state index in [1.54, 1.807) is 0 Å². The summed E-state index contributed by atoms with van der Waals surface area (Å²) in [7, 11) is 0. The zero-order chi connectivity index (χ0) is 17.3. The second-order valence-corrected chi connectivity index (χ2v) is 7.00. The van der Waals surface area contributed by atoms with Crippen molar-refractivity contribution in [2.24, 2.45) is 0 Å². The zero-order valence-corrected chi connectivity index (χ0v) is 14.6. The highest BCUT2D eigenvalue weighted by molar-refractivity contribution is 6.04. The summed E-state index contributed by atoms with van der Waals surface area (Å²) in [6, 6.07) is 14.1. The monoisotopic (exact) mass is 321 g/mol. The molecule has 1 N–H and O–H groups in total. The largest absolute Gasteiger partial charge is 0.494 e. The second-order valence-electron chi connectivity index (χ2n) is 7.00. The number of aromatic nitrogens is 1. The van der Waals surface area contributed by atoms with E-state index in [0.717, 1.165) is 34.2 Å². The molecule has 3 aromatic rings. The first-order valence-corrected chi connectivity index (χ1v) is 8.28. The number of hydrogen-bond donors (Lipinski definition) is 1. The van der Waals surface area contributed by atoms with Crippen LogP contribution in [0, 0.1) is 0 Å². The molecule has 0 fully saturated rings. The van der Waals surface area contributed by atoms with E-state index in [4.69, 9.17) is 4.74 Å². The molecule has 3 heteroatoms. The molecule has 0 atom stereocenters. The molecule has 0 aliphatic carbocycles. The Balaban J connectivity index is 2.12. The molecular weight excluding hydrogens is 298 g/mol. The Hall–Kier alpha value is -2.55. The Labute approximate surface area is 142 Å². The summed E-state index contributed by atoms with van der Waals surface area (Å²) in [6.07, 6.45) is 0.942. The van der Waals surface area contributed by atoms with Gasteiger partial charge in [0.1, 0.15) is 5.75 Å². The Morgan fingerprint density at radius 1 is 1.08 bits per heavy atom. The number of aldehydes is 1. The average molecular weight is 321 g/mol. The maximum absolute atomic E-state index is 11.8. The van der Waals surface area contributed by atoms with Gasteiger partial charge in [0.25, 0.3) is 0 Å². The van der Waals surface area contributed by atoms with Crippen molar-refractivity contribution in [3.8, 4) is 17.0 Å². The van der Waals surface area contributed by atoms with E-state index in [2.05, 4.69) is 44.0 Å². The van der Waals surface area contributed by atoms with Gasteiger partial charge in [-0.1, -0.05) is 26.8 Å². The summed E-state index contributed by atoms with van der Waals surface area (Å²) in [4.78, 5) is 15.2. The minimum absolute atomic E-state index is 0.0465. The molecule has 0 radical (unpaired) electrons. The topological polar surface area (TPSA) is 42.1 Å². The molecule has 0 saturated heterocycles. The van der Waals surface area contributed by atoms with Gasteiger partial charge >= 0.3 is 0 Å². The molecule has 0 unspecified atom stereocenters. The van der Waals surface area contributed by atoms with Gasteiger partial charge in [0.05, 0.1) is 12.3 Å². The molecule has 3 rings (SSSR count). The van der Waals surface area contributed by atoms with Gasteiger partial charge in [-0.2, -0.15) is 0 Å². The lowest BCUT2D eigenvalue weighted by atomic mass is 9.86.